The molecular weight excluding hydrogens is 502 g/mol. The normalized spacial score (nSPS) is 17.0. The van der Waals surface area contributed by atoms with Gasteiger partial charge in [-0.05, 0) is 105 Å². The van der Waals surface area contributed by atoms with Crippen LogP contribution in [0, 0.1) is 33.6 Å². The minimum Gasteiger partial charge on any atom is -0.351 e. The summed E-state index contributed by atoms with van der Waals surface area (Å²) in [7, 11) is 0. The number of carbonyl (C=O) groups is 1. The molecule has 2 unspecified atom stereocenters. The Hall–Kier alpha value is -3.97. The van der Waals surface area contributed by atoms with Gasteiger partial charge in [-0.1, -0.05) is 32.0 Å². The van der Waals surface area contributed by atoms with Gasteiger partial charge in [0.1, 0.15) is 0 Å². The number of anilines is 2. The quantitative estimate of drug-likeness (QED) is 0.263. The first-order valence-electron chi connectivity index (χ1n) is 13.3. The number of carbonyl (C=O) groups excluding carboxylic acids is 1. The van der Waals surface area contributed by atoms with E-state index in [1.165, 1.54) is 11.1 Å². The highest BCUT2D eigenvalue weighted by molar-refractivity contribution is 7.80. The molecule has 0 spiro atoms. The van der Waals surface area contributed by atoms with Crippen molar-refractivity contribution in [3.63, 3.8) is 0 Å². The lowest BCUT2D eigenvalue weighted by molar-refractivity contribution is -0.118. The summed E-state index contributed by atoms with van der Waals surface area (Å²) in [6.07, 6.45) is 1.83. The van der Waals surface area contributed by atoms with Gasteiger partial charge in [0, 0.05) is 40.6 Å². The summed E-state index contributed by atoms with van der Waals surface area (Å²) in [5.74, 6) is -0.0903. The summed E-state index contributed by atoms with van der Waals surface area (Å²) in [5, 5.41) is 7.26. The molecule has 2 atom stereocenters. The van der Waals surface area contributed by atoms with Crippen molar-refractivity contribution in [1.29, 1.82) is 0 Å². The molecule has 0 radical (unpaired) electrons. The zero-order chi connectivity index (χ0) is 27.8. The molecule has 1 aliphatic heterocycles. The van der Waals surface area contributed by atoms with Crippen LogP contribution in [-0.2, 0) is 4.79 Å². The molecule has 2 aromatic heterocycles. The van der Waals surface area contributed by atoms with E-state index in [0.717, 1.165) is 39.7 Å². The number of aromatic nitrogens is 2. The zero-order valence-electron chi connectivity index (χ0n) is 23.3. The maximum atomic E-state index is 12.3. The van der Waals surface area contributed by atoms with E-state index < -0.39 is 0 Å². The highest BCUT2D eigenvalue weighted by Crippen LogP contribution is 2.44. The second-order valence-corrected chi connectivity index (χ2v) is 11.0. The third-order valence-electron chi connectivity index (χ3n) is 7.42. The first-order valence-corrected chi connectivity index (χ1v) is 13.7. The first kappa shape index (κ1) is 26.6. The summed E-state index contributed by atoms with van der Waals surface area (Å²) in [6.45, 7) is 12.2. The van der Waals surface area contributed by atoms with Gasteiger partial charge in [-0.2, -0.15) is 0 Å². The van der Waals surface area contributed by atoms with Crippen molar-refractivity contribution in [1.82, 2.24) is 14.9 Å². The van der Waals surface area contributed by atoms with Gasteiger partial charge in [-0.3, -0.25) is 9.78 Å². The van der Waals surface area contributed by atoms with Crippen LogP contribution in [0.2, 0.25) is 0 Å². The van der Waals surface area contributed by atoms with E-state index in [-0.39, 0.29) is 23.9 Å². The monoisotopic (exact) mass is 537 g/mol. The number of nitrogens with one attached hydrogen (secondary N) is 2. The maximum Gasteiger partial charge on any atom is 0.226 e. The van der Waals surface area contributed by atoms with E-state index in [4.69, 9.17) is 17.2 Å². The van der Waals surface area contributed by atoms with Gasteiger partial charge in [0.05, 0.1) is 17.8 Å². The van der Waals surface area contributed by atoms with E-state index in [9.17, 15) is 4.79 Å². The van der Waals surface area contributed by atoms with Crippen molar-refractivity contribution >= 4 is 34.6 Å². The number of amides is 1. The Labute approximate surface area is 236 Å². The Morgan fingerprint density at radius 3 is 2.44 bits per heavy atom. The molecule has 2 aromatic carbocycles. The van der Waals surface area contributed by atoms with E-state index >= 15 is 0 Å². The highest BCUT2D eigenvalue weighted by atomic mass is 32.1. The number of nitrogens with zero attached hydrogens (tertiary/aromatic N) is 3. The fourth-order valence-electron chi connectivity index (χ4n) is 5.42. The van der Waals surface area contributed by atoms with Crippen LogP contribution in [0.5, 0.6) is 0 Å². The topological polar surface area (TPSA) is 62.2 Å². The Bertz CT molecular complexity index is 1540. The second-order valence-electron chi connectivity index (χ2n) is 10.6. The molecule has 6 nitrogen and oxygen atoms in total. The van der Waals surface area contributed by atoms with Gasteiger partial charge >= 0.3 is 0 Å². The zero-order valence-corrected chi connectivity index (χ0v) is 24.1. The Morgan fingerprint density at radius 2 is 1.77 bits per heavy atom. The fourth-order valence-corrected chi connectivity index (χ4v) is 5.76. The minimum absolute atomic E-state index is 0.000825. The molecule has 1 saturated heterocycles. The van der Waals surface area contributed by atoms with Crippen LogP contribution >= 0.6 is 12.2 Å². The van der Waals surface area contributed by atoms with Crippen molar-refractivity contribution in [2.75, 3.05) is 10.2 Å². The Balaban J connectivity index is 1.62. The smallest absolute Gasteiger partial charge is 0.226 e. The molecular formula is C32H35N5OS. The molecule has 0 bridgehead atoms. The van der Waals surface area contributed by atoms with Crippen LogP contribution in [0.3, 0.4) is 0 Å². The van der Waals surface area contributed by atoms with Gasteiger partial charge in [-0.25, -0.2) is 0 Å². The molecule has 1 fully saturated rings. The summed E-state index contributed by atoms with van der Waals surface area (Å²) < 4.78 is 2.31. The number of pyridine rings is 1. The number of hydrogen-bond donors (Lipinski definition) is 2. The predicted octanol–water partition coefficient (Wildman–Crippen LogP) is 6.88. The van der Waals surface area contributed by atoms with Crippen LogP contribution in [0.1, 0.15) is 59.7 Å². The van der Waals surface area contributed by atoms with Crippen molar-refractivity contribution in [3.8, 4) is 5.69 Å². The molecule has 2 N–H and O–H groups in total. The number of hydrogen-bond acceptors (Lipinski definition) is 3. The highest BCUT2D eigenvalue weighted by Gasteiger charge is 2.42. The number of rotatable bonds is 6. The minimum atomic E-state index is -0.134. The standard InChI is InChI=1S/C32H35N5OS/c1-19(2)31(38)34-27-14-13-25(17-21(27)4)37-30(29(35-32(37)39)28-12-7-8-15-33-28)26-18-22(5)36(23(26)6)24-11-9-10-20(3)16-24/h7-19,29-30H,1-6H3,(H,34,38)(H,35,39). The first-order chi connectivity index (χ1) is 18.7. The van der Waals surface area contributed by atoms with Crippen molar-refractivity contribution < 1.29 is 4.79 Å². The average molecular weight is 538 g/mol. The Morgan fingerprint density at radius 1 is 0.974 bits per heavy atom. The molecule has 0 aliphatic carbocycles. The lowest BCUT2D eigenvalue weighted by Crippen LogP contribution is -2.29. The van der Waals surface area contributed by atoms with Gasteiger partial charge in [-0.15, -0.1) is 0 Å². The second kappa shape index (κ2) is 10.7. The van der Waals surface area contributed by atoms with Gasteiger partial charge in [0.25, 0.3) is 0 Å². The van der Waals surface area contributed by atoms with Crippen LogP contribution in [0.4, 0.5) is 11.4 Å². The molecule has 7 heteroatoms. The van der Waals surface area contributed by atoms with Crippen LogP contribution < -0.4 is 15.5 Å². The van der Waals surface area contributed by atoms with Crippen molar-refractivity contribution in [3.05, 3.63) is 107 Å². The number of benzene rings is 2. The van der Waals surface area contributed by atoms with Crippen LogP contribution in [-0.4, -0.2) is 20.6 Å². The number of thiocarbonyl (C=S) groups is 1. The molecule has 1 amide bonds. The molecule has 4 aromatic rings. The number of aryl methyl sites for hydroxylation is 3. The Kier molecular flexibility index (Phi) is 7.28. The molecule has 39 heavy (non-hydrogen) atoms. The lowest BCUT2D eigenvalue weighted by Gasteiger charge is -2.29. The average Bonchev–Trinajstić information content (AvgIpc) is 3.40. The molecule has 1 aliphatic rings. The maximum absolute atomic E-state index is 12.3. The largest absolute Gasteiger partial charge is 0.351 e. The van der Waals surface area contributed by atoms with E-state index in [0.29, 0.717) is 5.11 Å². The SMILES string of the molecule is Cc1cccc(-n2c(C)cc(C3C(c4ccccn4)NC(=S)N3c3ccc(NC(=O)C(C)C)c(C)c3)c2C)c1. The van der Waals surface area contributed by atoms with Crippen molar-refractivity contribution in [2.45, 2.75) is 53.6 Å². The van der Waals surface area contributed by atoms with Crippen LogP contribution in [0.25, 0.3) is 5.69 Å². The molecule has 5 rings (SSSR count). The molecule has 3 heterocycles. The summed E-state index contributed by atoms with van der Waals surface area (Å²) in [6, 6.07) is 22.7. The third kappa shape index (κ3) is 5.06. The van der Waals surface area contributed by atoms with Crippen LogP contribution in [0.15, 0.2) is 72.9 Å². The molecule has 0 saturated carbocycles. The lowest BCUT2D eigenvalue weighted by atomic mass is 9.96. The predicted molar refractivity (Wildman–Crippen MR) is 163 cm³/mol. The van der Waals surface area contributed by atoms with Gasteiger partial charge in [0.15, 0.2) is 5.11 Å². The summed E-state index contributed by atoms with van der Waals surface area (Å²) in [4.78, 5) is 19.2. The van der Waals surface area contributed by atoms with Gasteiger partial charge in [0.2, 0.25) is 5.91 Å². The van der Waals surface area contributed by atoms with Gasteiger partial charge < -0.3 is 20.1 Å². The fraction of sp³-hybridized carbons (Fsp3) is 0.281. The molecule has 200 valence electrons. The van der Waals surface area contributed by atoms with E-state index in [1.807, 2.05) is 57.3 Å². The van der Waals surface area contributed by atoms with E-state index in [2.05, 4.69) is 77.3 Å². The van der Waals surface area contributed by atoms with E-state index in [1.54, 1.807) is 0 Å². The third-order valence-corrected chi connectivity index (χ3v) is 7.73. The summed E-state index contributed by atoms with van der Waals surface area (Å²) >= 11 is 5.96. The van der Waals surface area contributed by atoms with Crippen molar-refractivity contribution in [2.24, 2.45) is 5.92 Å². The summed E-state index contributed by atoms with van der Waals surface area (Å²) in [5.41, 5.74) is 9.57.